The van der Waals surface area contributed by atoms with E-state index in [1.807, 2.05) is 32.9 Å². The normalized spacial score (nSPS) is 10.9. The van der Waals surface area contributed by atoms with Crippen LogP contribution in [0.1, 0.15) is 43.1 Å². The highest BCUT2D eigenvalue weighted by Crippen LogP contribution is 2.27. The third kappa shape index (κ3) is 6.33. The molecule has 1 amide bonds. The Morgan fingerprint density at radius 1 is 1.15 bits per heavy atom. The van der Waals surface area contributed by atoms with Gasteiger partial charge in [-0.3, -0.25) is 4.79 Å². The second-order valence-electron chi connectivity index (χ2n) is 6.15. The number of nitrogens with zero attached hydrogens (tertiary/aromatic N) is 1. The van der Waals surface area contributed by atoms with Gasteiger partial charge in [-0.05, 0) is 68.3 Å². The molecule has 6 nitrogen and oxygen atoms in total. The SMILES string of the molecule is CCCOc1ccc(/C=N\NC(=O)c2ccc(OC(C)C)cc2)cc1OC. The summed E-state index contributed by atoms with van der Waals surface area (Å²) in [5, 5.41) is 4.00. The molecular weight excluding hydrogens is 344 g/mol. The second-order valence-corrected chi connectivity index (χ2v) is 6.15. The number of hydrogen-bond donors (Lipinski definition) is 1. The van der Waals surface area contributed by atoms with E-state index in [4.69, 9.17) is 14.2 Å². The van der Waals surface area contributed by atoms with Gasteiger partial charge in [0.05, 0.1) is 26.0 Å². The van der Waals surface area contributed by atoms with Crippen LogP contribution in [0.15, 0.2) is 47.6 Å². The molecule has 0 heterocycles. The first-order valence-corrected chi connectivity index (χ1v) is 8.94. The lowest BCUT2D eigenvalue weighted by Crippen LogP contribution is -2.17. The zero-order chi connectivity index (χ0) is 19.6. The quantitative estimate of drug-likeness (QED) is 0.534. The van der Waals surface area contributed by atoms with Crippen molar-refractivity contribution in [3.63, 3.8) is 0 Å². The third-order valence-corrected chi connectivity index (χ3v) is 3.52. The Bertz CT molecular complexity index is 770. The van der Waals surface area contributed by atoms with E-state index >= 15 is 0 Å². The summed E-state index contributed by atoms with van der Waals surface area (Å²) in [5.41, 5.74) is 3.80. The summed E-state index contributed by atoms with van der Waals surface area (Å²) < 4.78 is 16.5. The van der Waals surface area contributed by atoms with E-state index in [0.29, 0.717) is 23.7 Å². The lowest BCUT2D eigenvalue weighted by Gasteiger charge is -2.10. The third-order valence-electron chi connectivity index (χ3n) is 3.52. The molecule has 0 atom stereocenters. The minimum atomic E-state index is -0.294. The van der Waals surface area contributed by atoms with Gasteiger partial charge in [0.15, 0.2) is 11.5 Å². The van der Waals surface area contributed by atoms with Crippen LogP contribution in [-0.2, 0) is 0 Å². The van der Waals surface area contributed by atoms with Crippen molar-refractivity contribution in [2.75, 3.05) is 13.7 Å². The number of hydrazone groups is 1. The molecule has 27 heavy (non-hydrogen) atoms. The fourth-order valence-corrected chi connectivity index (χ4v) is 2.28. The van der Waals surface area contributed by atoms with Gasteiger partial charge in [-0.1, -0.05) is 6.92 Å². The van der Waals surface area contributed by atoms with E-state index in [-0.39, 0.29) is 12.0 Å². The van der Waals surface area contributed by atoms with Crippen molar-refractivity contribution in [3.05, 3.63) is 53.6 Å². The molecule has 0 saturated carbocycles. The van der Waals surface area contributed by atoms with Crippen LogP contribution in [0, 0.1) is 0 Å². The highest BCUT2D eigenvalue weighted by molar-refractivity contribution is 5.95. The Hall–Kier alpha value is -3.02. The Labute approximate surface area is 160 Å². The first-order chi connectivity index (χ1) is 13.0. The maximum absolute atomic E-state index is 12.2. The summed E-state index contributed by atoms with van der Waals surface area (Å²) in [4.78, 5) is 12.2. The number of nitrogens with one attached hydrogen (secondary N) is 1. The van der Waals surface area contributed by atoms with Crippen molar-refractivity contribution >= 4 is 12.1 Å². The van der Waals surface area contributed by atoms with Crippen LogP contribution in [0.25, 0.3) is 0 Å². The van der Waals surface area contributed by atoms with Gasteiger partial charge in [0.1, 0.15) is 5.75 Å². The molecule has 6 heteroatoms. The fourth-order valence-electron chi connectivity index (χ4n) is 2.28. The van der Waals surface area contributed by atoms with E-state index in [0.717, 1.165) is 17.7 Å². The summed E-state index contributed by atoms with van der Waals surface area (Å²) in [6.07, 6.45) is 2.56. The number of hydrogen-bond acceptors (Lipinski definition) is 5. The smallest absolute Gasteiger partial charge is 0.271 e. The minimum absolute atomic E-state index is 0.0880. The van der Waals surface area contributed by atoms with Gasteiger partial charge in [-0.15, -0.1) is 0 Å². The van der Waals surface area contributed by atoms with E-state index in [1.165, 1.54) is 0 Å². The van der Waals surface area contributed by atoms with Gasteiger partial charge in [0, 0.05) is 5.56 Å². The summed E-state index contributed by atoms with van der Waals surface area (Å²) in [7, 11) is 1.59. The van der Waals surface area contributed by atoms with Gasteiger partial charge >= 0.3 is 0 Å². The topological polar surface area (TPSA) is 69.2 Å². The van der Waals surface area contributed by atoms with Gasteiger partial charge in [-0.2, -0.15) is 5.10 Å². The first kappa shape index (κ1) is 20.3. The first-order valence-electron chi connectivity index (χ1n) is 8.94. The van der Waals surface area contributed by atoms with Crippen molar-refractivity contribution in [2.45, 2.75) is 33.3 Å². The monoisotopic (exact) mass is 370 g/mol. The fraction of sp³-hybridized carbons (Fsp3) is 0.333. The molecule has 0 unspecified atom stereocenters. The minimum Gasteiger partial charge on any atom is -0.493 e. The van der Waals surface area contributed by atoms with Crippen molar-refractivity contribution in [2.24, 2.45) is 5.10 Å². The van der Waals surface area contributed by atoms with Crippen molar-refractivity contribution in [1.82, 2.24) is 5.43 Å². The van der Waals surface area contributed by atoms with Crippen LogP contribution in [-0.4, -0.2) is 31.9 Å². The molecule has 2 aromatic carbocycles. The maximum atomic E-state index is 12.2. The van der Waals surface area contributed by atoms with Gasteiger partial charge in [0.25, 0.3) is 5.91 Å². The standard InChI is InChI=1S/C21H26N2O4/c1-5-12-26-19-11-6-16(13-20(19)25-4)14-22-23-21(24)17-7-9-18(10-8-17)27-15(2)3/h6-11,13-15H,5,12H2,1-4H3,(H,23,24)/b22-14-. The molecule has 0 saturated heterocycles. The van der Waals surface area contributed by atoms with Crippen LogP contribution < -0.4 is 19.6 Å². The largest absolute Gasteiger partial charge is 0.493 e. The summed E-state index contributed by atoms with van der Waals surface area (Å²) >= 11 is 0. The summed E-state index contributed by atoms with van der Waals surface area (Å²) in [6, 6.07) is 12.4. The summed E-state index contributed by atoms with van der Waals surface area (Å²) in [6.45, 7) is 6.57. The number of carbonyl (C=O) groups excluding carboxylic acids is 1. The molecule has 2 rings (SSSR count). The molecule has 0 bridgehead atoms. The number of carbonyl (C=O) groups is 1. The van der Waals surface area contributed by atoms with Crippen molar-refractivity contribution < 1.29 is 19.0 Å². The molecular formula is C21H26N2O4. The molecule has 144 valence electrons. The van der Waals surface area contributed by atoms with Crippen LogP contribution in [0.4, 0.5) is 0 Å². The second kappa shape index (κ2) is 10.2. The van der Waals surface area contributed by atoms with Crippen molar-refractivity contribution in [1.29, 1.82) is 0 Å². The molecule has 2 aromatic rings. The van der Waals surface area contributed by atoms with E-state index in [9.17, 15) is 4.79 Å². The highest BCUT2D eigenvalue weighted by atomic mass is 16.5. The average molecular weight is 370 g/mol. The van der Waals surface area contributed by atoms with Crippen LogP contribution in [0.3, 0.4) is 0 Å². The van der Waals surface area contributed by atoms with E-state index in [2.05, 4.69) is 10.5 Å². The molecule has 1 N–H and O–H groups in total. The average Bonchev–Trinajstić information content (AvgIpc) is 2.66. The molecule has 0 aliphatic rings. The Morgan fingerprint density at radius 2 is 1.89 bits per heavy atom. The lowest BCUT2D eigenvalue weighted by molar-refractivity contribution is 0.0955. The number of rotatable bonds is 9. The lowest BCUT2D eigenvalue weighted by atomic mass is 10.2. The van der Waals surface area contributed by atoms with Gasteiger partial charge in [0.2, 0.25) is 0 Å². The number of benzene rings is 2. The van der Waals surface area contributed by atoms with Gasteiger partial charge < -0.3 is 14.2 Å². The number of amides is 1. The van der Waals surface area contributed by atoms with Crippen LogP contribution in [0.2, 0.25) is 0 Å². The molecule has 0 radical (unpaired) electrons. The van der Waals surface area contributed by atoms with Gasteiger partial charge in [-0.25, -0.2) is 5.43 Å². The van der Waals surface area contributed by atoms with Crippen molar-refractivity contribution in [3.8, 4) is 17.2 Å². The summed E-state index contributed by atoms with van der Waals surface area (Å²) in [5.74, 6) is 1.74. The van der Waals surface area contributed by atoms with E-state index < -0.39 is 0 Å². The van der Waals surface area contributed by atoms with Crippen LogP contribution in [0.5, 0.6) is 17.2 Å². The highest BCUT2D eigenvalue weighted by Gasteiger charge is 2.06. The molecule has 0 spiro atoms. The maximum Gasteiger partial charge on any atom is 0.271 e. The Kier molecular flexibility index (Phi) is 7.67. The van der Waals surface area contributed by atoms with Crippen LogP contribution >= 0.6 is 0 Å². The predicted octanol–water partition coefficient (Wildman–Crippen LogP) is 4.04. The van der Waals surface area contributed by atoms with E-state index in [1.54, 1.807) is 43.7 Å². The number of methoxy groups -OCH3 is 1. The predicted molar refractivity (Wildman–Crippen MR) is 106 cm³/mol. The number of ether oxygens (including phenoxy) is 3. The molecule has 0 aliphatic heterocycles. The Balaban J connectivity index is 1.96. The Morgan fingerprint density at radius 3 is 2.52 bits per heavy atom. The molecule has 0 aliphatic carbocycles. The molecule has 0 aromatic heterocycles. The zero-order valence-corrected chi connectivity index (χ0v) is 16.2. The molecule has 0 fully saturated rings. The zero-order valence-electron chi connectivity index (χ0n) is 16.2.